The van der Waals surface area contributed by atoms with Gasteiger partial charge in [-0.3, -0.25) is 4.79 Å². The van der Waals surface area contributed by atoms with Crippen molar-refractivity contribution in [1.82, 2.24) is 0 Å². The summed E-state index contributed by atoms with van der Waals surface area (Å²) in [5.74, 6) is -0.226. The van der Waals surface area contributed by atoms with Gasteiger partial charge in [-0.05, 0) is 55.2 Å². The topological polar surface area (TPSA) is 32.3 Å². The van der Waals surface area contributed by atoms with E-state index in [1.807, 2.05) is 24.3 Å². The molecule has 1 aliphatic rings. The van der Waals surface area contributed by atoms with Crippen LogP contribution in [0.4, 0.5) is 15.8 Å². The summed E-state index contributed by atoms with van der Waals surface area (Å²) in [6.45, 7) is 4.42. The molecular formula is C19H21FN2O. The van der Waals surface area contributed by atoms with E-state index in [1.165, 1.54) is 30.7 Å². The average molecular weight is 312 g/mol. The highest BCUT2D eigenvalue weighted by atomic mass is 19.1. The van der Waals surface area contributed by atoms with Gasteiger partial charge in [-0.1, -0.05) is 19.1 Å². The third kappa shape index (κ3) is 3.70. The normalized spacial score (nSPS) is 17.8. The largest absolute Gasteiger partial charge is 0.371 e. The van der Waals surface area contributed by atoms with Gasteiger partial charge in [0.25, 0.3) is 5.91 Å². The van der Waals surface area contributed by atoms with Gasteiger partial charge in [-0.25, -0.2) is 4.39 Å². The van der Waals surface area contributed by atoms with Gasteiger partial charge < -0.3 is 10.2 Å². The van der Waals surface area contributed by atoms with Crippen molar-refractivity contribution in [2.75, 3.05) is 23.3 Å². The Bertz CT molecular complexity index is 684. The van der Waals surface area contributed by atoms with Gasteiger partial charge in [0.2, 0.25) is 0 Å². The number of piperidine rings is 1. The Hall–Kier alpha value is -2.36. The predicted octanol–water partition coefficient (Wildman–Crippen LogP) is 4.31. The molecule has 1 fully saturated rings. The van der Waals surface area contributed by atoms with Crippen LogP contribution in [0, 0.1) is 11.7 Å². The van der Waals surface area contributed by atoms with Gasteiger partial charge in [-0.2, -0.15) is 0 Å². The zero-order chi connectivity index (χ0) is 16.2. The molecule has 1 N–H and O–H groups in total. The molecule has 0 aromatic heterocycles. The first-order chi connectivity index (χ1) is 11.1. The van der Waals surface area contributed by atoms with Crippen molar-refractivity contribution >= 4 is 17.3 Å². The molecule has 120 valence electrons. The van der Waals surface area contributed by atoms with E-state index >= 15 is 0 Å². The van der Waals surface area contributed by atoms with Crippen molar-refractivity contribution in [2.45, 2.75) is 19.8 Å². The van der Waals surface area contributed by atoms with E-state index < -0.39 is 11.7 Å². The molecule has 23 heavy (non-hydrogen) atoms. The standard InChI is InChI=1S/C19H21FN2O/c1-14-5-4-12-22(13-14)16-10-8-15(9-11-16)21-19(23)17-6-2-3-7-18(17)20/h2-3,6-11,14H,4-5,12-13H2,1H3,(H,21,23). The Morgan fingerprint density at radius 1 is 1.17 bits per heavy atom. The fraction of sp³-hybridized carbons (Fsp3) is 0.316. The average Bonchev–Trinajstić information content (AvgIpc) is 2.56. The molecule has 0 aliphatic carbocycles. The Morgan fingerprint density at radius 3 is 2.61 bits per heavy atom. The first-order valence-corrected chi connectivity index (χ1v) is 8.04. The number of hydrogen-bond acceptors (Lipinski definition) is 2. The molecule has 0 saturated carbocycles. The Balaban J connectivity index is 1.68. The highest BCUT2D eigenvalue weighted by molar-refractivity contribution is 6.04. The van der Waals surface area contributed by atoms with Crippen LogP contribution in [0.5, 0.6) is 0 Å². The van der Waals surface area contributed by atoms with E-state index in [4.69, 9.17) is 0 Å². The molecular weight excluding hydrogens is 291 g/mol. The smallest absolute Gasteiger partial charge is 0.258 e. The molecule has 3 nitrogen and oxygen atoms in total. The fourth-order valence-electron chi connectivity index (χ4n) is 3.02. The van der Waals surface area contributed by atoms with Crippen molar-refractivity contribution in [2.24, 2.45) is 5.92 Å². The SMILES string of the molecule is CC1CCCN(c2ccc(NC(=O)c3ccccc3F)cc2)C1. The second kappa shape index (κ2) is 6.82. The second-order valence-corrected chi connectivity index (χ2v) is 6.17. The molecule has 1 heterocycles. The van der Waals surface area contributed by atoms with Crippen LogP contribution in [0.25, 0.3) is 0 Å². The fourth-order valence-corrected chi connectivity index (χ4v) is 3.02. The zero-order valence-electron chi connectivity index (χ0n) is 13.3. The van der Waals surface area contributed by atoms with E-state index in [-0.39, 0.29) is 5.56 Å². The number of hydrogen-bond donors (Lipinski definition) is 1. The maximum absolute atomic E-state index is 13.6. The van der Waals surface area contributed by atoms with Crippen LogP contribution in [-0.2, 0) is 0 Å². The lowest BCUT2D eigenvalue weighted by Gasteiger charge is -2.32. The van der Waals surface area contributed by atoms with Crippen molar-refractivity contribution in [3.05, 3.63) is 59.9 Å². The Labute approximate surface area is 136 Å². The summed E-state index contributed by atoms with van der Waals surface area (Å²) >= 11 is 0. The minimum atomic E-state index is -0.510. The monoisotopic (exact) mass is 312 g/mol. The molecule has 1 saturated heterocycles. The number of carbonyl (C=O) groups excluding carboxylic acids is 1. The molecule has 1 amide bonds. The highest BCUT2D eigenvalue weighted by Gasteiger charge is 2.16. The molecule has 0 bridgehead atoms. The number of rotatable bonds is 3. The Kier molecular flexibility index (Phi) is 4.60. The van der Waals surface area contributed by atoms with Gasteiger partial charge in [0, 0.05) is 24.5 Å². The summed E-state index contributed by atoms with van der Waals surface area (Å²) in [6.07, 6.45) is 2.50. The lowest BCUT2D eigenvalue weighted by molar-refractivity contribution is 0.102. The van der Waals surface area contributed by atoms with Crippen molar-refractivity contribution in [3.63, 3.8) is 0 Å². The lowest BCUT2D eigenvalue weighted by atomic mass is 10.00. The third-order valence-electron chi connectivity index (χ3n) is 4.27. The summed E-state index contributed by atoms with van der Waals surface area (Å²) in [4.78, 5) is 14.5. The summed E-state index contributed by atoms with van der Waals surface area (Å²) < 4.78 is 13.6. The number of benzene rings is 2. The molecule has 4 heteroatoms. The highest BCUT2D eigenvalue weighted by Crippen LogP contribution is 2.24. The molecule has 2 aromatic carbocycles. The molecule has 1 aliphatic heterocycles. The summed E-state index contributed by atoms with van der Waals surface area (Å²) in [5, 5.41) is 2.74. The number of carbonyl (C=O) groups is 1. The molecule has 0 spiro atoms. The molecule has 1 unspecified atom stereocenters. The number of amides is 1. The van der Waals surface area contributed by atoms with Crippen LogP contribution in [0.15, 0.2) is 48.5 Å². The third-order valence-corrected chi connectivity index (χ3v) is 4.27. The van der Waals surface area contributed by atoms with Crippen molar-refractivity contribution in [3.8, 4) is 0 Å². The van der Waals surface area contributed by atoms with E-state index in [9.17, 15) is 9.18 Å². The summed E-state index contributed by atoms with van der Waals surface area (Å²) in [7, 11) is 0. The van der Waals surface area contributed by atoms with Crippen molar-refractivity contribution in [1.29, 1.82) is 0 Å². The van der Waals surface area contributed by atoms with Crippen LogP contribution in [-0.4, -0.2) is 19.0 Å². The number of halogens is 1. The Morgan fingerprint density at radius 2 is 1.91 bits per heavy atom. The van der Waals surface area contributed by atoms with Gasteiger partial charge in [0.1, 0.15) is 5.82 Å². The van der Waals surface area contributed by atoms with Crippen LogP contribution in [0.3, 0.4) is 0 Å². The molecule has 0 radical (unpaired) electrons. The van der Waals surface area contributed by atoms with Crippen LogP contribution < -0.4 is 10.2 Å². The van der Waals surface area contributed by atoms with Crippen LogP contribution in [0.1, 0.15) is 30.1 Å². The van der Waals surface area contributed by atoms with Gasteiger partial charge in [0.05, 0.1) is 5.56 Å². The molecule has 2 aromatic rings. The van der Waals surface area contributed by atoms with E-state index in [0.717, 1.165) is 13.1 Å². The maximum atomic E-state index is 13.6. The summed E-state index contributed by atoms with van der Waals surface area (Å²) in [5.41, 5.74) is 1.90. The lowest BCUT2D eigenvalue weighted by Crippen LogP contribution is -2.34. The maximum Gasteiger partial charge on any atom is 0.258 e. The van der Waals surface area contributed by atoms with E-state index in [0.29, 0.717) is 11.6 Å². The van der Waals surface area contributed by atoms with E-state index in [1.54, 1.807) is 12.1 Å². The first kappa shape index (κ1) is 15.5. The minimum absolute atomic E-state index is 0.0569. The molecule has 1 atom stereocenters. The second-order valence-electron chi connectivity index (χ2n) is 6.17. The van der Waals surface area contributed by atoms with Crippen LogP contribution in [0.2, 0.25) is 0 Å². The number of nitrogens with zero attached hydrogens (tertiary/aromatic N) is 1. The summed E-state index contributed by atoms with van der Waals surface area (Å²) in [6, 6.07) is 13.7. The molecule has 3 rings (SSSR count). The first-order valence-electron chi connectivity index (χ1n) is 8.04. The van der Waals surface area contributed by atoms with Gasteiger partial charge in [0.15, 0.2) is 0 Å². The quantitative estimate of drug-likeness (QED) is 0.915. The minimum Gasteiger partial charge on any atom is -0.371 e. The van der Waals surface area contributed by atoms with Crippen molar-refractivity contribution < 1.29 is 9.18 Å². The van der Waals surface area contributed by atoms with Gasteiger partial charge >= 0.3 is 0 Å². The number of nitrogens with one attached hydrogen (secondary N) is 1. The van der Waals surface area contributed by atoms with E-state index in [2.05, 4.69) is 17.1 Å². The van der Waals surface area contributed by atoms with Crippen LogP contribution >= 0.6 is 0 Å². The predicted molar refractivity (Wildman–Crippen MR) is 91.4 cm³/mol. The zero-order valence-corrected chi connectivity index (χ0v) is 13.3. The van der Waals surface area contributed by atoms with Gasteiger partial charge in [-0.15, -0.1) is 0 Å². The number of anilines is 2.